The number of aromatic nitrogens is 2. The van der Waals surface area contributed by atoms with Crippen molar-refractivity contribution in [2.45, 2.75) is 37.6 Å². The number of imidazole rings is 1. The van der Waals surface area contributed by atoms with E-state index in [1.54, 1.807) is 0 Å². The van der Waals surface area contributed by atoms with E-state index in [0.29, 0.717) is 18.0 Å². The molecule has 112 valence electrons. The quantitative estimate of drug-likeness (QED) is 0.919. The van der Waals surface area contributed by atoms with Gasteiger partial charge in [-0.25, -0.2) is 9.37 Å². The van der Waals surface area contributed by atoms with Gasteiger partial charge in [-0.05, 0) is 31.1 Å². The number of halogens is 1. The van der Waals surface area contributed by atoms with Crippen LogP contribution < -0.4 is 10.5 Å². The average molecular weight is 289 g/mol. The molecule has 3 rings (SSSR count). The lowest BCUT2D eigenvalue weighted by Gasteiger charge is -2.09. The molecule has 1 atom stereocenters. The van der Waals surface area contributed by atoms with Gasteiger partial charge in [0.15, 0.2) is 0 Å². The first-order valence-electron chi connectivity index (χ1n) is 7.40. The Bertz CT molecular complexity index is 631. The Morgan fingerprint density at radius 2 is 2.19 bits per heavy atom. The van der Waals surface area contributed by atoms with E-state index < -0.39 is 6.04 Å². The summed E-state index contributed by atoms with van der Waals surface area (Å²) in [5, 5.41) is 0. The Morgan fingerprint density at radius 3 is 2.95 bits per heavy atom. The van der Waals surface area contributed by atoms with Gasteiger partial charge in [0.1, 0.15) is 18.0 Å². The van der Waals surface area contributed by atoms with Crippen molar-refractivity contribution < 1.29 is 9.13 Å². The molecule has 0 bridgehead atoms. The van der Waals surface area contributed by atoms with Crippen molar-refractivity contribution in [1.82, 2.24) is 9.38 Å². The monoisotopic (exact) mass is 289 g/mol. The second kappa shape index (κ2) is 6.26. The highest BCUT2D eigenvalue weighted by Gasteiger charge is 2.19. The van der Waals surface area contributed by atoms with Gasteiger partial charge in [-0.1, -0.05) is 12.8 Å². The van der Waals surface area contributed by atoms with E-state index in [4.69, 9.17) is 10.5 Å². The molecule has 4 nitrogen and oxygen atoms in total. The number of nitrogens with zero attached hydrogens (tertiary/aromatic N) is 2. The zero-order valence-electron chi connectivity index (χ0n) is 11.9. The van der Waals surface area contributed by atoms with Crippen LogP contribution in [0.5, 0.6) is 5.75 Å². The summed E-state index contributed by atoms with van der Waals surface area (Å²) in [7, 11) is 0. The van der Waals surface area contributed by atoms with Gasteiger partial charge < -0.3 is 14.9 Å². The molecule has 2 heterocycles. The molecular weight excluding hydrogens is 269 g/mol. The number of pyridine rings is 1. The van der Waals surface area contributed by atoms with Crippen molar-refractivity contribution in [3.63, 3.8) is 0 Å². The fraction of sp³-hybridized carbons (Fsp3) is 0.438. The smallest absolute Gasteiger partial charge is 0.137 e. The first-order chi connectivity index (χ1) is 10.3. The summed E-state index contributed by atoms with van der Waals surface area (Å²) in [4.78, 5) is 4.68. The van der Waals surface area contributed by atoms with Crippen molar-refractivity contribution in [2.75, 3.05) is 6.61 Å². The number of ether oxygens (including phenoxy) is 1. The second-order valence-electron chi connectivity index (χ2n) is 5.57. The van der Waals surface area contributed by atoms with Crippen LogP contribution in [0, 0.1) is 0 Å². The fourth-order valence-corrected chi connectivity index (χ4v) is 2.84. The van der Waals surface area contributed by atoms with Gasteiger partial charge in [0.05, 0.1) is 24.3 Å². The lowest BCUT2D eigenvalue weighted by Crippen LogP contribution is -2.25. The van der Waals surface area contributed by atoms with Crippen molar-refractivity contribution in [2.24, 2.45) is 5.73 Å². The molecule has 0 aromatic carbocycles. The van der Waals surface area contributed by atoms with E-state index in [2.05, 4.69) is 11.2 Å². The summed E-state index contributed by atoms with van der Waals surface area (Å²) in [5.41, 5.74) is 7.76. The number of rotatable bonds is 5. The minimum atomic E-state index is -0.442. The number of hydrogen-bond acceptors (Lipinski definition) is 3. The minimum Gasteiger partial charge on any atom is -0.490 e. The summed E-state index contributed by atoms with van der Waals surface area (Å²) in [6.45, 7) is 0.246. The van der Waals surface area contributed by atoms with E-state index in [1.165, 1.54) is 37.5 Å². The zero-order valence-corrected chi connectivity index (χ0v) is 11.9. The molecule has 0 spiro atoms. The molecule has 0 radical (unpaired) electrons. The van der Waals surface area contributed by atoms with Gasteiger partial charge in [-0.3, -0.25) is 0 Å². The third kappa shape index (κ3) is 3.24. The fourth-order valence-electron chi connectivity index (χ4n) is 2.84. The van der Waals surface area contributed by atoms with Gasteiger partial charge >= 0.3 is 0 Å². The van der Waals surface area contributed by atoms with Gasteiger partial charge in [0.25, 0.3) is 0 Å². The molecular formula is C16H20FN3O. The summed E-state index contributed by atoms with van der Waals surface area (Å²) in [6, 6.07) is 3.36. The molecule has 1 aliphatic carbocycles. The predicted molar refractivity (Wildman–Crippen MR) is 80.1 cm³/mol. The Labute approximate surface area is 123 Å². The lowest BCUT2D eigenvalue weighted by atomic mass is 10.1. The maximum atomic E-state index is 12.0. The van der Waals surface area contributed by atoms with Crippen molar-refractivity contribution >= 4 is 5.65 Å². The molecule has 0 amide bonds. The number of fused-ring (bicyclic) bond motifs is 1. The zero-order chi connectivity index (χ0) is 14.7. The Morgan fingerprint density at radius 1 is 1.38 bits per heavy atom. The van der Waals surface area contributed by atoms with Crippen LogP contribution in [0.2, 0.25) is 0 Å². The second-order valence-corrected chi connectivity index (χ2v) is 5.57. The van der Waals surface area contributed by atoms with Crippen LogP contribution in [-0.4, -0.2) is 22.0 Å². The van der Waals surface area contributed by atoms with Crippen LogP contribution >= 0.6 is 0 Å². The SMILES string of the molecule is NC(C=CF)COc1ccc2nc(C3CCCC3)cn2c1. The van der Waals surface area contributed by atoms with E-state index >= 15 is 0 Å². The molecule has 1 saturated carbocycles. The highest BCUT2D eigenvalue weighted by molar-refractivity contribution is 5.43. The molecule has 1 unspecified atom stereocenters. The summed E-state index contributed by atoms with van der Waals surface area (Å²) < 4.78 is 19.6. The third-order valence-electron chi connectivity index (χ3n) is 3.98. The summed E-state index contributed by atoms with van der Waals surface area (Å²) in [6.07, 6.45) is 10.8. The van der Waals surface area contributed by atoms with Gasteiger partial charge in [0, 0.05) is 12.1 Å². The first-order valence-corrected chi connectivity index (χ1v) is 7.40. The van der Waals surface area contributed by atoms with Crippen molar-refractivity contribution in [3.8, 4) is 5.75 Å². The minimum absolute atomic E-state index is 0.246. The maximum Gasteiger partial charge on any atom is 0.137 e. The van der Waals surface area contributed by atoms with E-state index in [0.717, 1.165) is 5.65 Å². The van der Waals surface area contributed by atoms with Gasteiger partial charge in [-0.2, -0.15) is 0 Å². The summed E-state index contributed by atoms with van der Waals surface area (Å²) >= 11 is 0. The largest absolute Gasteiger partial charge is 0.490 e. The van der Waals surface area contributed by atoms with Crippen LogP contribution in [0.25, 0.3) is 5.65 Å². The van der Waals surface area contributed by atoms with Gasteiger partial charge in [-0.15, -0.1) is 0 Å². The average Bonchev–Trinajstić information content (AvgIpc) is 3.13. The summed E-state index contributed by atoms with van der Waals surface area (Å²) in [5.74, 6) is 1.30. The molecule has 2 aromatic heterocycles. The van der Waals surface area contributed by atoms with E-state index in [-0.39, 0.29) is 6.61 Å². The van der Waals surface area contributed by atoms with E-state index in [1.807, 2.05) is 22.7 Å². The number of hydrogen-bond donors (Lipinski definition) is 1. The highest BCUT2D eigenvalue weighted by Crippen LogP contribution is 2.33. The molecule has 1 aliphatic rings. The van der Waals surface area contributed by atoms with Crippen LogP contribution in [0.1, 0.15) is 37.3 Å². The molecule has 2 aromatic rings. The highest BCUT2D eigenvalue weighted by atomic mass is 19.1. The Kier molecular flexibility index (Phi) is 4.20. The molecule has 0 saturated heterocycles. The van der Waals surface area contributed by atoms with Crippen LogP contribution in [-0.2, 0) is 0 Å². The standard InChI is InChI=1S/C16H20FN3O/c17-8-7-13(18)11-21-14-5-6-16-19-15(10-20(16)9-14)12-3-1-2-4-12/h5-10,12-13H,1-4,11,18H2. The Balaban J connectivity index is 1.73. The first kappa shape index (κ1) is 14.1. The van der Waals surface area contributed by atoms with Crippen LogP contribution in [0.15, 0.2) is 36.9 Å². The topological polar surface area (TPSA) is 52.5 Å². The van der Waals surface area contributed by atoms with Crippen LogP contribution in [0.3, 0.4) is 0 Å². The molecule has 0 aliphatic heterocycles. The number of nitrogens with two attached hydrogens (primary N) is 1. The van der Waals surface area contributed by atoms with E-state index in [9.17, 15) is 4.39 Å². The molecule has 2 N–H and O–H groups in total. The normalized spacial score (nSPS) is 17.8. The Hall–Kier alpha value is -1.88. The predicted octanol–water partition coefficient (Wildman–Crippen LogP) is 3.18. The lowest BCUT2D eigenvalue weighted by molar-refractivity contribution is 0.304. The van der Waals surface area contributed by atoms with Crippen molar-refractivity contribution in [1.29, 1.82) is 0 Å². The molecule has 5 heteroatoms. The van der Waals surface area contributed by atoms with Gasteiger partial charge in [0.2, 0.25) is 0 Å². The maximum absolute atomic E-state index is 12.0. The molecule has 1 fully saturated rings. The van der Waals surface area contributed by atoms with Crippen molar-refractivity contribution in [3.05, 3.63) is 42.6 Å². The third-order valence-corrected chi connectivity index (χ3v) is 3.98. The van der Waals surface area contributed by atoms with Crippen LogP contribution in [0.4, 0.5) is 4.39 Å². The molecule has 21 heavy (non-hydrogen) atoms.